The lowest BCUT2D eigenvalue weighted by molar-refractivity contribution is -0.108. The van der Waals surface area contributed by atoms with Crippen molar-refractivity contribution in [3.63, 3.8) is 0 Å². The SMILES string of the molecule is CN=CN.[B]c1sc(C(CC=O)NC)cc1-c1cc(O)cc(C#N)c1. The molecule has 4 N–H and O–H groups in total. The summed E-state index contributed by atoms with van der Waals surface area (Å²) in [7, 11) is 9.45. The number of nitrogens with one attached hydrogen (secondary N) is 1. The number of hydrogen-bond acceptors (Lipinski definition) is 6. The van der Waals surface area contributed by atoms with Crippen molar-refractivity contribution in [3.05, 3.63) is 34.7 Å². The zero-order valence-electron chi connectivity index (χ0n) is 14.1. The number of nitriles is 1. The summed E-state index contributed by atoms with van der Waals surface area (Å²) in [6, 6.07) is 8.45. The molecule has 1 heterocycles. The van der Waals surface area contributed by atoms with Crippen LogP contribution in [-0.2, 0) is 4.79 Å². The number of nitrogens with two attached hydrogens (primary N) is 1. The molecule has 0 spiro atoms. The third-order valence-corrected chi connectivity index (χ3v) is 4.39. The van der Waals surface area contributed by atoms with E-state index in [1.807, 2.05) is 12.1 Å². The molecule has 8 heteroatoms. The Morgan fingerprint density at radius 2 is 2.16 bits per heavy atom. The van der Waals surface area contributed by atoms with E-state index in [0.29, 0.717) is 22.3 Å². The molecule has 2 rings (SSSR count). The van der Waals surface area contributed by atoms with Gasteiger partial charge in [-0.25, -0.2) is 0 Å². The molecule has 0 aliphatic heterocycles. The van der Waals surface area contributed by atoms with Crippen LogP contribution in [-0.4, -0.2) is 39.7 Å². The number of aromatic hydroxyl groups is 1. The molecule has 2 aromatic rings. The largest absolute Gasteiger partial charge is 0.508 e. The quantitative estimate of drug-likeness (QED) is 0.324. The molecule has 1 aromatic carbocycles. The van der Waals surface area contributed by atoms with E-state index in [1.54, 1.807) is 26.2 Å². The third kappa shape index (κ3) is 5.74. The molecule has 0 fully saturated rings. The predicted octanol–water partition coefficient (Wildman–Crippen LogP) is 1.24. The molecule has 1 atom stereocenters. The van der Waals surface area contributed by atoms with E-state index in [9.17, 15) is 9.90 Å². The molecular weight excluding hydrogens is 335 g/mol. The highest BCUT2D eigenvalue weighted by Gasteiger charge is 2.15. The Bertz CT molecular complexity index is 779. The molecule has 25 heavy (non-hydrogen) atoms. The summed E-state index contributed by atoms with van der Waals surface area (Å²) in [5.41, 5.74) is 6.55. The van der Waals surface area contributed by atoms with Gasteiger partial charge in [0, 0.05) is 24.4 Å². The van der Waals surface area contributed by atoms with Crippen LogP contribution in [0.5, 0.6) is 5.75 Å². The second-order valence-corrected chi connectivity index (χ2v) is 6.07. The van der Waals surface area contributed by atoms with Gasteiger partial charge in [0.2, 0.25) is 0 Å². The predicted molar refractivity (Wildman–Crippen MR) is 103 cm³/mol. The summed E-state index contributed by atoms with van der Waals surface area (Å²) in [4.78, 5) is 15.0. The Kier molecular flexibility index (Phi) is 8.40. The number of benzene rings is 1. The number of nitrogens with zero attached hydrogens (tertiary/aromatic N) is 2. The minimum Gasteiger partial charge on any atom is -0.508 e. The first-order chi connectivity index (χ1) is 12.0. The molecule has 0 bridgehead atoms. The number of phenolic OH excluding ortho intramolecular Hbond substituents is 1. The van der Waals surface area contributed by atoms with Crippen molar-refractivity contribution in [2.75, 3.05) is 14.1 Å². The van der Waals surface area contributed by atoms with Crippen LogP contribution >= 0.6 is 11.3 Å². The van der Waals surface area contributed by atoms with Crippen LogP contribution in [0.4, 0.5) is 0 Å². The molecule has 0 aliphatic carbocycles. The van der Waals surface area contributed by atoms with E-state index in [1.165, 1.54) is 23.7 Å². The van der Waals surface area contributed by atoms with Gasteiger partial charge in [0.1, 0.15) is 19.9 Å². The maximum Gasteiger partial charge on any atom is 0.129 e. The van der Waals surface area contributed by atoms with Crippen molar-refractivity contribution in [2.45, 2.75) is 12.5 Å². The molecule has 0 aliphatic rings. The summed E-state index contributed by atoms with van der Waals surface area (Å²) in [6.45, 7) is 0. The molecule has 0 saturated carbocycles. The van der Waals surface area contributed by atoms with Gasteiger partial charge in [0.15, 0.2) is 0 Å². The fourth-order valence-electron chi connectivity index (χ4n) is 2.13. The van der Waals surface area contributed by atoms with Crippen LogP contribution in [0.1, 0.15) is 22.9 Å². The van der Waals surface area contributed by atoms with Gasteiger partial charge in [-0.3, -0.25) is 4.99 Å². The monoisotopic (exact) mass is 354 g/mol. The van der Waals surface area contributed by atoms with E-state index in [4.69, 9.17) is 18.8 Å². The molecule has 0 saturated heterocycles. The molecule has 128 valence electrons. The number of aldehydes is 1. The molecule has 1 aromatic heterocycles. The van der Waals surface area contributed by atoms with Gasteiger partial charge in [0.05, 0.1) is 18.0 Å². The van der Waals surface area contributed by atoms with E-state index < -0.39 is 0 Å². The number of thiophene rings is 1. The minimum atomic E-state index is -0.0868. The van der Waals surface area contributed by atoms with Crippen LogP contribution < -0.4 is 15.8 Å². The van der Waals surface area contributed by atoms with E-state index >= 15 is 0 Å². The Morgan fingerprint density at radius 1 is 1.48 bits per heavy atom. The highest BCUT2D eigenvalue weighted by Crippen LogP contribution is 2.30. The van der Waals surface area contributed by atoms with Gasteiger partial charge in [-0.05, 0) is 47.2 Å². The van der Waals surface area contributed by atoms with Crippen LogP contribution in [0, 0.1) is 11.3 Å². The average molecular weight is 354 g/mol. The van der Waals surface area contributed by atoms with Crippen molar-refractivity contribution < 1.29 is 9.90 Å². The molecule has 0 amide bonds. The first-order valence-corrected chi connectivity index (χ1v) is 8.19. The first-order valence-electron chi connectivity index (χ1n) is 7.37. The minimum absolute atomic E-state index is 0.0225. The third-order valence-electron chi connectivity index (χ3n) is 3.31. The van der Waals surface area contributed by atoms with E-state index in [2.05, 4.69) is 10.3 Å². The topological polar surface area (TPSA) is 112 Å². The van der Waals surface area contributed by atoms with Crippen LogP contribution in [0.15, 0.2) is 29.3 Å². The summed E-state index contributed by atoms with van der Waals surface area (Å²) >= 11 is 1.39. The fourth-order valence-corrected chi connectivity index (χ4v) is 3.20. The zero-order valence-corrected chi connectivity index (χ0v) is 14.9. The van der Waals surface area contributed by atoms with Crippen LogP contribution in [0.2, 0.25) is 0 Å². The summed E-state index contributed by atoms with van der Waals surface area (Å²) in [5, 5.41) is 21.7. The lowest BCUT2D eigenvalue weighted by atomic mass is 9.95. The van der Waals surface area contributed by atoms with Gasteiger partial charge >= 0.3 is 0 Å². The Labute approximate surface area is 152 Å². The highest BCUT2D eigenvalue weighted by atomic mass is 32.1. The lowest BCUT2D eigenvalue weighted by Crippen LogP contribution is -2.15. The lowest BCUT2D eigenvalue weighted by Gasteiger charge is -2.10. The number of aliphatic imine (C=N–C) groups is 1. The molecule has 6 nitrogen and oxygen atoms in total. The molecule has 1 unspecified atom stereocenters. The van der Waals surface area contributed by atoms with Crippen LogP contribution in [0.25, 0.3) is 11.1 Å². The van der Waals surface area contributed by atoms with Gasteiger partial charge in [-0.2, -0.15) is 16.6 Å². The Balaban J connectivity index is 0.000000705. The summed E-state index contributed by atoms with van der Waals surface area (Å²) in [6.07, 6.45) is 2.47. The van der Waals surface area contributed by atoms with Crippen molar-refractivity contribution in [2.24, 2.45) is 10.7 Å². The molecular formula is C17H19BN4O2S. The van der Waals surface area contributed by atoms with Crippen molar-refractivity contribution in [1.82, 2.24) is 5.32 Å². The fraction of sp³-hybridized carbons (Fsp3) is 0.235. The molecule has 2 radical (unpaired) electrons. The normalized spacial score (nSPS) is 11.4. The Hall–Kier alpha value is -2.63. The smallest absolute Gasteiger partial charge is 0.129 e. The second kappa shape index (κ2) is 10.3. The standard InChI is InChI=1S/C15H13BN2O2S.C2H6N2/c1-18-13(2-3-19)14-7-12(15(16)21-14)10-4-9(8-17)5-11(20)6-10;1-4-2-3/h3-7,13,18,20H,2H2,1H3;2H,1H3,(H2,3,4). The maximum atomic E-state index is 10.7. The van der Waals surface area contributed by atoms with Crippen molar-refractivity contribution in [3.8, 4) is 22.9 Å². The number of rotatable bonds is 5. The van der Waals surface area contributed by atoms with Gasteiger partial charge in [-0.15, -0.1) is 0 Å². The number of carbonyl (C=O) groups excluding carboxylic acids is 1. The van der Waals surface area contributed by atoms with Gasteiger partial charge < -0.3 is 21.0 Å². The van der Waals surface area contributed by atoms with Gasteiger partial charge in [-0.1, -0.05) is 0 Å². The van der Waals surface area contributed by atoms with Crippen LogP contribution in [0.3, 0.4) is 0 Å². The second-order valence-electron chi connectivity index (χ2n) is 4.96. The number of carbonyl (C=O) groups is 1. The zero-order chi connectivity index (χ0) is 18.8. The number of phenols is 1. The van der Waals surface area contributed by atoms with Crippen molar-refractivity contribution in [1.29, 1.82) is 5.26 Å². The average Bonchev–Trinajstić information content (AvgIpc) is 3.00. The summed E-state index contributed by atoms with van der Waals surface area (Å²) in [5.74, 6) is 0.0225. The van der Waals surface area contributed by atoms with Crippen molar-refractivity contribution >= 4 is 36.6 Å². The summed E-state index contributed by atoms with van der Waals surface area (Å²) < 4.78 is 0.589. The Morgan fingerprint density at radius 3 is 2.68 bits per heavy atom. The highest BCUT2D eigenvalue weighted by molar-refractivity contribution is 7.20. The van der Waals surface area contributed by atoms with E-state index in [0.717, 1.165) is 16.7 Å². The maximum absolute atomic E-state index is 10.7. The number of hydrogen-bond donors (Lipinski definition) is 3. The van der Waals surface area contributed by atoms with Gasteiger partial charge in [0.25, 0.3) is 0 Å². The van der Waals surface area contributed by atoms with E-state index in [-0.39, 0.29) is 11.8 Å². The first kappa shape index (κ1) is 20.4.